The first kappa shape index (κ1) is 28.5. The molecule has 0 atom stereocenters. The molecule has 0 radical (unpaired) electrons. The number of carbonyl (C=O) groups is 1. The minimum Gasteiger partial charge on any atom is -0.495 e. The Kier molecular flexibility index (Phi) is 8.58. The molecule has 0 spiro atoms. The molecule has 4 aromatic rings. The van der Waals surface area contributed by atoms with Gasteiger partial charge in [0.25, 0.3) is 0 Å². The van der Waals surface area contributed by atoms with Crippen molar-refractivity contribution < 1.29 is 32.2 Å². The number of halogens is 3. The zero-order valence-electron chi connectivity index (χ0n) is 22.4. The number of nitrogens with one attached hydrogen (secondary N) is 3. The molecule has 5 rings (SSSR count). The van der Waals surface area contributed by atoms with Crippen molar-refractivity contribution in [3.05, 3.63) is 84.7 Å². The summed E-state index contributed by atoms with van der Waals surface area (Å²) in [7, 11) is 1.57. The van der Waals surface area contributed by atoms with Gasteiger partial charge in [0, 0.05) is 36.2 Å². The molecule has 1 aliphatic heterocycles. The summed E-state index contributed by atoms with van der Waals surface area (Å²) in [5, 5.41) is 8.22. The van der Waals surface area contributed by atoms with Crippen LogP contribution in [0.1, 0.15) is 5.56 Å². The Morgan fingerprint density at radius 1 is 0.929 bits per heavy atom. The monoisotopic (exact) mass is 580 g/mol. The highest BCUT2D eigenvalue weighted by Crippen LogP contribution is 2.38. The van der Waals surface area contributed by atoms with Crippen molar-refractivity contribution >= 4 is 34.6 Å². The number of urea groups is 1. The third kappa shape index (κ3) is 7.18. The Hall–Kier alpha value is -5.04. The van der Waals surface area contributed by atoms with Crippen molar-refractivity contribution in [3.63, 3.8) is 0 Å². The van der Waals surface area contributed by atoms with E-state index in [1.807, 2.05) is 24.3 Å². The molecular weight excluding hydrogens is 553 g/mol. The molecule has 0 aliphatic carbocycles. The van der Waals surface area contributed by atoms with Crippen LogP contribution < -0.4 is 30.3 Å². The lowest BCUT2D eigenvalue weighted by Gasteiger charge is -2.31. The van der Waals surface area contributed by atoms with Crippen molar-refractivity contribution in [1.82, 2.24) is 9.97 Å². The molecule has 0 bridgehead atoms. The van der Waals surface area contributed by atoms with Crippen LogP contribution in [-0.2, 0) is 10.9 Å². The number of para-hydroxylation sites is 2. The van der Waals surface area contributed by atoms with Crippen molar-refractivity contribution in [2.24, 2.45) is 0 Å². The highest BCUT2D eigenvalue weighted by Gasteiger charge is 2.35. The van der Waals surface area contributed by atoms with Crippen molar-refractivity contribution in [1.29, 1.82) is 0 Å². The topological polar surface area (TPSA) is 110 Å². The maximum Gasteiger partial charge on any atom is 0.418 e. The number of alkyl halides is 3. The van der Waals surface area contributed by atoms with Gasteiger partial charge in [-0.1, -0.05) is 12.1 Å². The lowest BCUT2D eigenvalue weighted by Crippen LogP contribution is -2.37. The van der Waals surface area contributed by atoms with E-state index in [1.165, 1.54) is 18.5 Å². The van der Waals surface area contributed by atoms with Crippen molar-refractivity contribution in [3.8, 4) is 17.4 Å². The lowest BCUT2D eigenvalue weighted by atomic mass is 10.1. The molecule has 0 unspecified atom stereocenters. The van der Waals surface area contributed by atoms with E-state index in [2.05, 4.69) is 25.9 Å². The summed E-state index contributed by atoms with van der Waals surface area (Å²) in [5.41, 5.74) is 0.370. The van der Waals surface area contributed by atoms with Gasteiger partial charge in [-0.2, -0.15) is 13.2 Å². The number of hydrogen-bond donors (Lipinski definition) is 3. The number of anilines is 5. The Bertz CT molecular complexity index is 1530. The molecular formula is C29H27F3N6O4. The van der Waals surface area contributed by atoms with Crippen LogP contribution >= 0.6 is 0 Å². The van der Waals surface area contributed by atoms with E-state index in [0.29, 0.717) is 49.3 Å². The van der Waals surface area contributed by atoms with Crippen LogP contribution in [0.3, 0.4) is 0 Å². The standard InChI is InChI=1S/C29H27F3N6O4/c1-40-25-5-3-2-4-23(25)37-26-17-27(34-18-33-26)42-21-9-6-19(7-10-21)35-28(39)36-20-8-11-24(22(16-20)29(30,31)32)38-12-14-41-15-13-38/h2-11,16-18H,12-15H2,1H3,(H,33,34,37)(H2,35,36,39). The van der Waals surface area contributed by atoms with Gasteiger partial charge >= 0.3 is 12.2 Å². The zero-order valence-corrected chi connectivity index (χ0v) is 22.4. The number of aromatic nitrogens is 2. The van der Waals surface area contributed by atoms with Gasteiger partial charge in [0.1, 0.15) is 23.6 Å². The Labute approximate surface area is 239 Å². The fraction of sp³-hybridized carbons (Fsp3) is 0.207. The van der Waals surface area contributed by atoms with Gasteiger partial charge in [0.15, 0.2) is 0 Å². The highest BCUT2D eigenvalue weighted by atomic mass is 19.4. The Morgan fingerprint density at radius 3 is 2.38 bits per heavy atom. The zero-order chi connectivity index (χ0) is 29.5. The minimum absolute atomic E-state index is 0.0121. The molecule has 13 heteroatoms. The molecule has 1 aliphatic rings. The van der Waals surface area contributed by atoms with Gasteiger partial charge < -0.3 is 35.1 Å². The summed E-state index contributed by atoms with van der Waals surface area (Å²) in [6, 6.07) is 18.4. The molecule has 1 aromatic heterocycles. The summed E-state index contributed by atoms with van der Waals surface area (Å²) >= 11 is 0. The van der Waals surface area contributed by atoms with Crippen LogP contribution in [0.2, 0.25) is 0 Å². The average molecular weight is 581 g/mol. The number of morpholine rings is 1. The van der Waals surface area contributed by atoms with Crippen LogP contribution in [0, 0.1) is 0 Å². The normalized spacial score (nSPS) is 13.3. The number of rotatable bonds is 8. The molecule has 42 heavy (non-hydrogen) atoms. The molecule has 0 saturated carbocycles. The van der Waals surface area contributed by atoms with Gasteiger partial charge in [-0.05, 0) is 54.6 Å². The van der Waals surface area contributed by atoms with E-state index < -0.39 is 17.8 Å². The van der Waals surface area contributed by atoms with Crippen LogP contribution in [0.25, 0.3) is 0 Å². The predicted molar refractivity (Wildman–Crippen MR) is 152 cm³/mol. The van der Waals surface area contributed by atoms with E-state index in [4.69, 9.17) is 14.2 Å². The van der Waals surface area contributed by atoms with E-state index in [0.717, 1.165) is 11.8 Å². The molecule has 1 saturated heterocycles. The molecule has 10 nitrogen and oxygen atoms in total. The van der Waals surface area contributed by atoms with Crippen molar-refractivity contribution in [2.45, 2.75) is 6.18 Å². The van der Waals surface area contributed by atoms with Gasteiger partial charge in [0.05, 0.1) is 31.6 Å². The van der Waals surface area contributed by atoms with Gasteiger partial charge in [-0.25, -0.2) is 14.8 Å². The number of ether oxygens (including phenoxy) is 3. The van der Waals surface area contributed by atoms with Crippen molar-refractivity contribution in [2.75, 3.05) is 54.3 Å². The van der Waals surface area contributed by atoms with Crippen LogP contribution in [0.4, 0.5) is 46.5 Å². The number of carbonyl (C=O) groups excluding carboxylic acids is 1. The molecule has 2 heterocycles. The molecule has 2 amide bonds. The van der Waals surface area contributed by atoms with Gasteiger partial charge in [-0.15, -0.1) is 0 Å². The maximum atomic E-state index is 13.8. The summed E-state index contributed by atoms with van der Waals surface area (Å²) in [6.45, 7) is 1.41. The highest BCUT2D eigenvalue weighted by molar-refractivity contribution is 6.00. The van der Waals surface area contributed by atoms with Crippen LogP contribution in [-0.4, -0.2) is 49.4 Å². The van der Waals surface area contributed by atoms with E-state index >= 15 is 0 Å². The predicted octanol–water partition coefficient (Wildman–Crippen LogP) is 6.52. The van der Waals surface area contributed by atoms with Crippen LogP contribution in [0.15, 0.2) is 79.1 Å². The fourth-order valence-corrected chi connectivity index (χ4v) is 4.29. The summed E-state index contributed by atoms with van der Waals surface area (Å²) < 4.78 is 57.8. The molecule has 218 valence electrons. The summed E-state index contributed by atoms with van der Waals surface area (Å²) in [5.74, 6) is 1.86. The lowest BCUT2D eigenvalue weighted by molar-refractivity contribution is -0.137. The second-order valence-corrected chi connectivity index (χ2v) is 9.10. The number of nitrogens with zero attached hydrogens (tertiary/aromatic N) is 3. The second kappa shape index (κ2) is 12.6. The second-order valence-electron chi connectivity index (χ2n) is 9.10. The number of methoxy groups -OCH3 is 1. The molecule has 1 fully saturated rings. The van der Waals surface area contributed by atoms with E-state index in [1.54, 1.807) is 42.3 Å². The maximum absolute atomic E-state index is 13.8. The van der Waals surface area contributed by atoms with Gasteiger partial charge in [-0.3, -0.25) is 0 Å². The van der Waals surface area contributed by atoms with Gasteiger partial charge in [0.2, 0.25) is 5.88 Å². The third-order valence-electron chi connectivity index (χ3n) is 6.26. The Morgan fingerprint density at radius 2 is 1.64 bits per heavy atom. The smallest absolute Gasteiger partial charge is 0.418 e. The molecule has 3 N–H and O–H groups in total. The SMILES string of the molecule is COc1ccccc1Nc1cc(Oc2ccc(NC(=O)Nc3ccc(N4CCOCC4)c(C(F)(F)F)c3)cc2)ncn1. The van der Waals surface area contributed by atoms with E-state index in [-0.39, 0.29) is 17.3 Å². The largest absolute Gasteiger partial charge is 0.495 e. The Balaban J connectivity index is 1.20. The number of amides is 2. The third-order valence-corrected chi connectivity index (χ3v) is 6.26. The number of hydrogen-bond acceptors (Lipinski definition) is 8. The fourth-order valence-electron chi connectivity index (χ4n) is 4.29. The first-order valence-corrected chi connectivity index (χ1v) is 12.9. The molecule has 3 aromatic carbocycles. The summed E-state index contributed by atoms with van der Waals surface area (Å²) in [4.78, 5) is 22.5. The minimum atomic E-state index is -4.59. The van der Waals surface area contributed by atoms with E-state index in [9.17, 15) is 18.0 Å². The summed E-state index contributed by atoms with van der Waals surface area (Å²) in [6.07, 6.45) is -3.24. The number of benzene rings is 3. The first-order valence-electron chi connectivity index (χ1n) is 12.9. The quantitative estimate of drug-likeness (QED) is 0.216. The average Bonchev–Trinajstić information content (AvgIpc) is 2.98. The first-order chi connectivity index (χ1) is 20.3. The van der Waals surface area contributed by atoms with Crippen LogP contribution in [0.5, 0.6) is 17.4 Å².